The Labute approximate surface area is 199 Å². The number of amides is 1. The molecule has 1 saturated heterocycles. The van der Waals surface area contributed by atoms with Gasteiger partial charge in [0.1, 0.15) is 29.0 Å². The standard InChI is InChI=1S/C25H22N2O6S/c1-5-10-33-24(31)22-15(4)26-25(34-22)27-19(17-7-6-11-32-17)18(21(29)23(27)30)20(28)16-12-13(2)8-9-14(16)3/h5-9,11-12,19,28H,1,10H2,2-4H3/b20-18+. The average molecular weight is 479 g/mol. The van der Waals surface area contributed by atoms with Crippen LogP contribution in [0, 0.1) is 20.8 Å². The minimum atomic E-state index is -1.06. The van der Waals surface area contributed by atoms with E-state index in [2.05, 4.69) is 11.6 Å². The molecule has 1 unspecified atom stereocenters. The lowest BCUT2D eigenvalue weighted by Crippen LogP contribution is -2.29. The fourth-order valence-corrected chi connectivity index (χ4v) is 4.74. The first-order chi connectivity index (χ1) is 16.2. The van der Waals surface area contributed by atoms with Crippen LogP contribution in [0.3, 0.4) is 0 Å². The van der Waals surface area contributed by atoms with E-state index in [1.807, 2.05) is 19.1 Å². The van der Waals surface area contributed by atoms with Gasteiger partial charge in [0.15, 0.2) is 5.13 Å². The number of thiazole rings is 1. The zero-order valence-electron chi connectivity index (χ0n) is 18.8. The van der Waals surface area contributed by atoms with E-state index < -0.39 is 23.7 Å². The van der Waals surface area contributed by atoms with Crippen molar-refractivity contribution in [2.75, 3.05) is 11.5 Å². The third-order valence-electron chi connectivity index (χ3n) is 5.41. The SMILES string of the molecule is C=CCOC(=O)c1sc(N2C(=O)C(=O)/C(=C(/O)c3cc(C)ccc3C)C2c2ccco2)nc1C. The molecule has 3 heterocycles. The van der Waals surface area contributed by atoms with Gasteiger partial charge in [-0.25, -0.2) is 9.78 Å². The van der Waals surface area contributed by atoms with Crippen LogP contribution in [0.2, 0.25) is 0 Å². The molecular weight excluding hydrogens is 456 g/mol. The minimum absolute atomic E-state index is 0.0261. The summed E-state index contributed by atoms with van der Waals surface area (Å²) in [5.74, 6) is -2.39. The highest BCUT2D eigenvalue weighted by Gasteiger charge is 2.49. The number of hydrogen-bond acceptors (Lipinski definition) is 8. The molecule has 4 rings (SSSR count). The van der Waals surface area contributed by atoms with Crippen LogP contribution in [0.25, 0.3) is 5.76 Å². The molecule has 0 aliphatic carbocycles. The van der Waals surface area contributed by atoms with Crippen LogP contribution in [0.5, 0.6) is 0 Å². The second-order valence-electron chi connectivity index (χ2n) is 7.80. The summed E-state index contributed by atoms with van der Waals surface area (Å²) in [6.45, 7) is 8.82. The molecule has 8 nitrogen and oxygen atoms in total. The lowest BCUT2D eigenvalue weighted by atomic mass is 9.96. The maximum absolute atomic E-state index is 13.2. The van der Waals surface area contributed by atoms with Crippen LogP contribution in [0.4, 0.5) is 5.13 Å². The van der Waals surface area contributed by atoms with Crippen LogP contribution >= 0.6 is 11.3 Å². The second kappa shape index (κ2) is 9.11. The summed E-state index contributed by atoms with van der Waals surface area (Å²) in [5, 5.41) is 11.3. The number of aliphatic hydroxyl groups excluding tert-OH is 1. The van der Waals surface area contributed by atoms with Crippen LogP contribution < -0.4 is 4.90 Å². The van der Waals surface area contributed by atoms with E-state index in [-0.39, 0.29) is 33.7 Å². The minimum Gasteiger partial charge on any atom is -0.507 e. The number of esters is 1. The van der Waals surface area contributed by atoms with Crippen molar-refractivity contribution in [3.05, 3.63) is 87.8 Å². The molecule has 1 aliphatic rings. The van der Waals surface area contributed by atoms with Gasteiger partial charge in [-0.1, -0.05) is 41.7 Å². The summed E-state index contributed by atoms with van der Waals surface area (Å²) in [6, 6.07) is 7.64. The summed E-state index contributed by atoms with van der Waals surface area (Å²) in [6.07, 6.45) is 2.86. The summed E-state index contributed by atoms with van der Waals surface area (Å²) in [5.41, 5.74) is 2.30. The molecule has 0 radical (unpaired) electrons. The van der Waals surface area contributed by atoms with Gasteiger partial charge in [0, 0.05) is 5.56 Å². The fourth-order valence-electron chi connectivity index (χ4n) is 3.76. The van der Waals surface area contributed by atoms with Gasteiger partial charge >= 0.3 is 11.9 Å². The Morgan fingerprint density at radius 2 is 2.06 bits per heavy atom. The summed E-state index contributed by atoms with van der Waals surface area (Å²) in [7, 11) is 0. The largest absolute Gasteiger partial charge is 0.507 e. The van der Waals surface area contributed by atoms with E-state index in [9.17, 15) is 19.5 Å². The molecule has 1 amide bonds. The number of hydrogen-bond donors (Lipinski definition) is 1. The molecule has 1 aliphatic heterocycles. The Bertz CT molecular complexity index is 1340. The first-order valence-electron chi connectivity index (χ1n) is 10.4. The number of ketones is 1. The number of carbonyl (C=O) groups is 3. The van der Waals surface area contributed by atoms with Crippen LogP contribution in [0.1, 0.15) is 43.9 Å². The number of ether oxygens (including phenoxy) is 1. The molecule has 2 aromatic heterocycles. The molecule has 3 aromatic rings. The number of rotatable bonds is 6. The lowest BCUT2D eigenvalue weighted by Gasteiger charge is -2.20. The van der Waals surface area contributed by atoms with Crippen LogP contribution in [-0.2, 0) is 14.3 Å². The van der Waals surface area contributed by atoms with Crippen molar-refractivity contribution in [2.24, 2.45) is 0 Å². The Hall–Kier alpha value is -3.98. The molecule has 1 atom stereocenters. The van der Waals surface area contributed by atoms with E-state index in [0.717, 1.165) is 27.4 Å². The molecular formula is C25H22N2O6S. The first-order valence-corrected chi connectivity index (χ1v) is 11.2. The summed E-state index contributed by atoms with van der Waals surface area (Å²) in [4.78, 5) is 44.5. The third kappa shape index (κ3) is 3.94. The molecule has 0 spiro atoms. The van der Waals surface area contributed by atoms with Gasteiger partial charge < -0.3 is 14.3 Å². The van der Waals surface area contributed by atoms with Crippen molar-refractivity contribution in [1.29, 1.82) is 0 Å². The molecule has 0 saturated carbocycles. The number of aromatic nitrogens is 1. The third-order valence-corrected chi connectivity index (χ3v) is 6.55. The molecule has 0 bridgehead atoms. The Morgan fingerprint density at radius 1 is 1.29 bits per heavy atom. The quantitative estimate of drug-likeness (QED) is 0.181. The van der Waals surface area contributed by atoms with Crippen molar-refractivity contribution >= 4 is 39.9 Å². The number of nitrogens with zero attached hydrogens (tertiary/aromatic N) is 2. The Morgan fingerprint density at radius 3 is 2.74 bits per heavy atom. The molecule has 9 heteroatoms. The Balaban J connectivity index is 1.87. The number of carbonyl (C=O) groups excluding carboxylic acids is 3. The van der Waals surface area contributed by atoms with Gasteiger partial charge in [-0.3, -0.25) is 14.5 Å². The highest BCUT2D eigenvalue weighted by Crippen LogP contribution is 2.44. The molecule has 1 aromatic carbocycles. The van der Waals surface area contributed by atoms with Gasteiger partial charge in [0.25, 0.3) is 5.78 Å². The van der Waals surface area contributed by atoms with Gasteiger partial charge in [0.2, 0.25) is 0 Å². The second-order valence-corrected chi connectivity index (χ2v) is 8.78. The molecule has 1 N–H and O–H groups in total. The summed E-state index contributed by atoms with van der Waals surface area (Å²) < 4.78 is 10.7. The average Bonchev–Trinajstić information content (AvgIpc) is 3.52. The number of aliphatic hydroxyl groups is 1. The monoisotopic (exact) mass is 478 g/mol. The number of anilines is 1. The molecule has 34 heavy (non-hydrogen) atoms. The number of benzene rings is 1. The van der Waals surface area contributed by atoms with E-state index in [0.29, 0.717) is 11.3 Å². The van der Waals surface area contributed by atoms with Crippen LogP contribution in [-0.4, -0.2) is 34.4 Å². The summed E-state index contributed by atoms with van der Waals surface area (Å²) >= 11 is 0.924. The van der Waals surface area contributed by atoms with Gasteiger partial charge in [0.05, 0.1) is 17.5 Å². The van der Waals surface area contributed by atoms with E-state index in [1.165, 1.54) is 12.3 Å². The van der Waals surface area contributed by atoms with Crippen molar-refractivity contribution in [3.8, 4) is 0 Å². The van der Waals surface area contributed by atoms with Gasteiger partial charge in [-0.2, -0.15) is 0 Å². The number of Topliss-reactive ketones (excluding diaryl/α,β-unsaturated/α-hetero) is 1. The van der Waals surface area contributed by atoms with Crippen molar-refractivity contribution in [2.45, 2.75) is 26.8 Å². The van der Waals surface area contributed by atoms with Crippen molar-refractivity contribution in [1.82, 2.24) is 4.98 Å². The highest BCUT2D eigenvalue weighted by atomic mass is 32.1. The van der Waals surface area contributed by atoms with Gasteiger partial charge in [-0.05, 0) is 44.5 Å². The van der Waals surface area contributed by atoms with Crippen molar-refractivity contribution < 1.29 is 28.6 Å². The van der Waals surface area contributed by atoms with E-state index in [4.69, 9.17) is 9.15 Å². The topological polar surface area (TPSA) is 110 Å². The first kappa shape index (κ1) is 23.2. The fraction of sp³-hybridized carbons (Fsp3) is 0.200. The predicted molar refractivity (Wildman–Crippen MR) is 127 cm³/mol. The van der Waals surface area contributed by atoms with Crippen LogP contribution in [0.15, 0.2) is 59.2 Å². The maximum atomic E-state index is 13.2. The maximum Gasteiger partial charge on any atom is 0.350 e. The van der Waals surface area contributed by atoms with Gasteiger partial charge in [-0.15, -0.1) is 0 Å². The number of furan rings is 1. The lowest BCUT2D eigenvalue weighted by molar-refractivity contribution is -0.132. The van der Waals surface area contributed by atoms with E-state index >= 15 is 0 Å². The predicted octanol–water partition coefficient (Wildman–Crippen LogP) is 4.63. The molecule has 1 fully saturated rings. The molecule has 174 valence electrons. The number of aryl methyl sites for hydroxylation is 3. The zero-order chi connectivity index (χ0) is 24.6. The van der Waals surface area contributed by atoms with Crippen molar-refractivity contribution in [3.63, 3.8) is 0 Å². The zero-order valence-corrected chi connectivity index (χ0v) is 19.6. The van der Waals surface area contributed by atoms with E-state index in [1.54, 1.807) is 32.0 Å². The highest BCUT2D eigenvalue weighted by molar-refractivity contribution is 7.17. The normalized spacial score (nSPS) is 17.3. The smallest absolute Gasteiger partial charge is 0.350 e. The Kier molecular flexibility index (Phi) is 6.21.